The number of halogens is 1. The van der Waals surface area contributed by atoms with Gasteiger partial charge in [0.25, 0.3) is 5.91 Å². The second kappa shape index (κ2) is 8.92. The van der Waals surface area contributed by atoms with Gasteiger partial charge in [0.1, 0.15) is 17.2 Å². The van der Waals surface area contributed by atoms with Crippen LogP contribution in [0.1, 0.15) is 23.3 Å². The second-order valence-corrected chi connectivity index (χ2v) is 6.49. The van der Waals surface area contributed by atoms with Gasteiger partial charge in [-0.2, -0.15) is 0 Å². The minimum atomic E-state index is -0.241. The zero-order valence-electron chi connectivity index (χ0n) is 15.3. The average Bonchev–Trinajstić information content (AvgIpc) is 3.21. The van der Waals surface area contributed by atoms with E-state index in [4.69, 9.17) is 25.8 Å². The maximum Gasteiger partial charge on any atom is 0.270 e. The first kappa shape index (κ1) is 19.3. The summed E-state index contributed by atoms with van der Waals surface area (Å²) >= 11 is 6.13. The lowest BCUT2D eigenvalue weighted by molar-refractivity contribution is 0.0854. The van der Waals surface area contributed by atoms with Crippen LogP contribution in [0.4, 0.5) is 11.4 Å². The van der Waals surface area contributed by atoms with Crippen molar-refractivity contribution in [2.75, 3.05) is 32.7 Å². The molecule has 1 atom stereocenters. The molecule has 1 aliphatic rings. The van der Waals surface area contributed by atoms with E-state index in [1.54, 1.807) is 44.7 Å². The van der Waals surface area contributed by atoms with Crippen LogP contribution in [-0.4, -0.2) is 44.4 Å². The van der Waals surface area contributed by atoms with Gasteiger partial charge in [-0.1, -0.05) is 11.6 Å². The normalized spacial score (nSPS) is 16.0. The summed E-state index contributed by atoms with van der Waals surface area (Å²) < 4.78 is 16.1. The third kappa shape index (κ3) is 4.81. The van der Waals surface area contributed by atoms with Gasteiger partial charge >= 0.3 is 0 Å². The van der Waals surface area contributed by atoms with Crippen molar-refractivity contribution in [3.63, 3.8) is 0 Å². The molecule has 1 aromatic heterocycles. The van der Waals surface area contributed by atoms with Crippen LogP contribution < -0.4 is 20.1 Å². The molecule has 0 saturated carbocycles. The van der Waals surface area contributed by atoms with Gasteiger partial charge in [-0.25, -0.2) is 0 Å². The van der Waals surface area contributed by atoms with Crippen molar-refractivity contribution in [1.82, 2.24) is 10.3 Å². The quantitative estimate of drug-likeness (QED) is 0.752. The maximum atomic E-state index is 12.4. The highest BCUT2D eigenvalue weighted by Crippen LogP contribution is 2.37. The summed E-state index contributed by atoms with van der Waals surface area (Å²) in [5.74, 6) is 0.834. The van der Waals surface area contributed by atoms with Crippen LogP contribution in [0, 0.1) is 0 Å². The van der Waals surface area contributed by atoms with Crippen LogP contribution in [0.15, 0.2) is 30.5 Å². The number of nitrogens with zero attached hydrogens (tertiary/aromatic N) is 1. The van der Waals surface area contributed by atoms with Gasteiger partial charge in [0, 0.05) is 37.2 Å². The molecule has 2 N–H and O–H groups in total. The van der Waals surface area contributed by atoms with E-state index in [0.717, 1.165) is 19.4 Å². The Kier molecular flexibility index (Phi) is 6.36. The number of nitrogens with one attached hydrogen (secondary N) is 2. The third-order valence-electron chi connectivity index (χ3n) is 4.26. The van der Waals surface area contributed by atoms with E-state index < -0.39 is 0 Å². The molecule has 2 heterocycles. The van der Waals surface area contributed by atoms with E-state index in [-0.39, 0.29) is 12.0 Å². The Hall–Kier alpha value is -2.51. The molecule has 1 amide bonds. The van der Waals surface area contributed by atoms with Gasteiger partial charge in [-0.15, -0.1) is 0 Å². The number of hydrogen-bond acceptors (Lipinski definition) is 6. The molecule has 2 aromatic rings. The van der Waals surface area contributed by atoms with E-state index in [1.165, 1.54) is 0 Å². The predicted molar refractivity (Wildman–Crippen MR) is 103 cm³/mol. The number of carbonyl (C=O) groups is 1. The summed E-state index contributed by atoms with van der Waals surface area (Å²) in [5, 5.41) is 6.52. The van der Waals surface area contributed by atoms with Crippen LogP contribution >= 0.6 is 11.6 Å². The summed E-state index contributed by atoms with van der Waals surface area (Å²) in [6.45, 7) is 1.24. The van der Waals surface area contributed by atoms with Crippen molar-refractivity contribution in [1.29, 1.82) is 0 Å². The highest BCUT2D eigenvalue weighted by atomic mass is 35.5. The monoisotopic (exact) mass is 391 g/mol. The Labute approximate surface area is 163 Å². The van der Waals surface area contributed by atoms with Crippen molar-refractivity contribution >= 4 is 28.9 Å². The zero-order chi connectivity index (χ0) is 19.2. The van der Waals surface area contributed by atoms with E-state index in [9.17, 15) is 4.79 Å². The number of rotatable bonds is 7. The van der Waals surface area contributed by atoms with Gasteiger partial charge in [0.15, 0.2) is 0 Å². The minimum absolute atomic E-state index is 0.0843. The molecule has 0 aliphatic carbocycles. The van der Waals surface area contributed by atoms with Crippen molar-refractivity contribution in [2.45, 2.75) is 18.9 Å². The number of methoxy groups -OCH3 is 2. The number of amides is 1. The Balaban J connectivity index is 1.72. The summed E-state index contributed by atoms with van der Waals surface area (Å²) in [5.41, 5.74) is 1.67. The zero-order valence-corrected chi connectivity index (χ0v) is 16.0. The van der Waals surface area contributed by atoms with E-state index >= 15 is 0 Å². The van der Waals surface area contributed by atoms with Crippen molar-refractivity contribution in [3.8, 4) is 11.5 Å². The number of hydrogen-bond donors (Lipinski definition) is 2. The smallest absolute Gasteiger partial charge is 0.270 e. The topological polar surface area (TPSA) is 81.7 Å². The van der Waals surface area contributed by atoms with Crippen molar-refractivity contribution < 1.29 is 19.0 Å². The first-order valence-electron chi connectivity index (χ1n) is 8.65. The minimum Gasteiger partial charge on any atom is -0.495 e. The van der Waals surface area contributed by atoms with Crippen LogP contribution in [0.3, 0.4) is 0 Å². The molecular weight excluding hydrogens is 370 g/mol. The Morgan fingerprint density at radius 3 is 2.81 bits per heavy atom. The lowest BCUT2D eigenvalue weighted by atomic mass is 10.2. The molecule has 0 spiro atoms. The molecule has 7 nitrogen and oxygen atoms in total. The van der Waals surface area contributed by atoms with Crippen molar-refractivity contribution in [3.05, 3.63) is 41.2 Å². The molecule has 0 bridgehead atoms. The molecule has 3 rings (SSSR count). The largest absolute Gasteiger partial charge is 0.495 e. The van der Waals surface area contributed by atoms with Crippen LogP contribution in [0.2, 0.25) is 5.02 Å². The molecular formula is C19H22ClN3O4. The van der Waals surface area contributed by atoms with Gasteiger partial charge < -0.3 is 24.8 Å². The van der Waals surface area contributed by atoms with Gasteiger partial charge in [0.05, 0.1) is 31.0 Å². The predicted octanol–water partition coefficient (Wildman–Crippen LogP) is 3.40. The van der Waals surface area contributed by atoms with Crippen LogP contribution in [0.25, 0.3) is 0 Å². The summed E-state index contributed by atoms with van der Waals surface area (Å²) in [4.78, 5) is 16.5. The summed E-state index contributed by atoms with van der Waals surface area (Å²) in [6, 6.07) is 6.83. The first-order chi connectivity index (χ1) is 13.1. The van der Waals surface area contributed by atoms with Crippen molar-refractivity contribution in [2.24, 2.45) is 0 Å². The molecule has 27 heavy (non-hydrogen) atoms. The summed E-state index contributed by atoms with van der Waals surface area (Å²) in [7, 11) is 3.10. The Morgan fingerprint density at radius 1 is 1.30 bits per heavy atom. The van der Waals surface area contributed by atoms with Crippen LogP contribution in [-0.2, 0) is 4.74 Å². The number of ether oxygens (including phenoxy) is 3. The van der Waals surface area contributed by atoms with Gasteiger partial charge in [0.2, 0.25) is 0 Å². The summed E-state index contributed by atoms with van der Waals surface area (Å²) in [6.07, 6.45) is 3.65. The molecule has 1 saturated heterocycles. The highest BCUT2D eigenvalue weighted by molar-refractivity contribution is 6.32. The fraction of sp³-hybridized carbons (Fsp3) is 0.368. The molecule has 1 unspecified atom stereocenters. The van der Waals surface area contributed by atoms with Gasteiger partial charge in [-0.05, 0) is 25.0 Å². The van der Waals surface area contributed by atoms with E-state index in [0.29, 0.717) is 40.1 Å². The lowest BCUT2D eigenvalue weighted by Gasteiger charge is -2.14. The molecule has 1 aromatic carbocycles. The lowest BCUT2D eigenvalue weighted by Crippen LogP contribution is -2.32. The number of carbonyl (C=O) groups excluding carboxylic acids is 1. The first-order valence-corrected chi connectivity index (χ1v) is 9.03. The maximum absolute atomic E-state index is 12.4. The second-order valence-electron chi connectivity index (χ2n) is 6.09. The van der Waals surface area contributed by atoms with Gasteiger partial charge in [-0.3, -0.25) is 9.78 Å². The fourth-order valence-corrected chi connectivity index (χ4v) is 3.08. The molecule has 1 aliphatic heterocycles. The van der Waals surface area contributed by atoms with E-state index in [1.807, 2.05) is 0 Å². The Morgan fingerprint density at radius 2 is 2.11 bits per heavy atom. The van der Waals surface area contributed by atoms with Crippen LogP contribution in [0.5, 0.6) is 11.5 Å². The number of benzene rings is 1. The molecule has 0 radical (unpaired) electrons. The number of aromatic nitrogens is 1. The standard InChI is InChI=1S/C19H22ClN3O4/c1-25-17-10-15(18(26-2)9-14(17)20)23-12-5-6-21-16(8-12)19(24)22-11-13-4-3-7-27-13/h5-6,8-10,13H,3-4,7,11H2,1-2H3,(H,21,23)(H,22,24). The SMILES string of the molecule is COc1cc(Nc2ccnc(C(=O)NCC3CCCO3)c2)c(OC)cc1Cl. The average molecular weight is 392 g/mol. The molecule has 144 valence electrons. The Bertz CT molecular complexity index is 810. The third-order valence-corrected chi connectivity index (χ3v) is 4.56. The molecule has 1 fully saturated rings. The highest BCUT2D eigenvalue weighted by Gasteiger charge is 2.17. The number of pyridine rings is 1. The fourth-order valence-electron chi connectivity index (χ4n) is 2.85. The number of anilines is 2. The van der Waals surface area contributed by atoms with E-state index in [2.05, 4.69) is 15.6 Å². The molecule has 8 heteroatoms.